The molecule has 1 fully saturated rings. The van der Waals surface area contributed by atoms with Gasteiger partial charge in [-0.05, 0) is 32.8 Å². The molecule has 0 amide bonds. The second-order valence-electron chi connectivity index (χ2n) is 5.69. The van der Waals surface area contributed by atoms with Gasteiger partial charge in [-0.3, -0.25) is 0 Å². The van der Waals surface area contributed by atoms with E-state index in [4.69, 9.17) is 0 Å². The summed E-state index contributed by atoms with van der Waals surface area (Å²) in [4.78, 5) is 2.15. The van der Waals surface area contributed by atoms with Crippen LogP contribution in [0.5, 0.6) is 0 Å². The highest BCUT2D eigenvalue weighted by Gasteiger charge is 2.34. The molecule has 0 aromatic carbocycles. The van der Waals surface area contributed by atoms with Crippen molar-refractivity contribution in [1.29, 1.82) is 0 Å². The molecule has 0 N–H and O–H groups in total. The van der Waals surface area contributed by atoms with Gasteiger partial charge in [0, 0.05) is 35.9 Å². The lowest BCUT2D eigenvalue weighted by atomic mass is 10.1. The van der Waals surface area contributed by atoms with Gasteiger partial charge in [0.2, 0.25) is 20.0 Å². The molecular weight excluding hydrogens is 344 g/mol. The van der Waals surface area contributed by atoms with Gasteiger partial charge in [-0.15, -0.1) is 11.3 Å². The highest BCUT2D eigenvalue weighted by molar-refractivity contribution is 7.89. The quantitative estimate of drug-likeness (QED) is 0.807. The summed E-state index contributed by atoms with van der Waals surface area (Å²) in [6.45, 7) is 4.40. The Balaban J connectivity index is 2.13. The molecule has 2 heterocycles. The molecule has 0 radical (unpaired) electrons. The first-order valence-electron chi connectivity index (χ1n) is 7.03. The van der Waals surface area contributed by atoms with Crippen LogP contribution in [-0.2, 0) is 20.0 Å². The van der Waals surface area contributed by atoms with Crippen LogP contribution >= 0.6 is 11.3 Å². The van der Waals surface area contributed by atoms with Crippen LogP contribution in [0, 0.1) is 13.8 Å². The van der Waals surface area contributed by atoms with Gasteiger partial charge in [-0.1, -0.05) is 0 Å². The summed E-state index contributed by atoms with van der Waals surface area (Å²) in [5, 5.41) is 0. The number of nitrogens with zero attached hydrogens (tertiary/aromatic N) is 2. The van der Waals surface area contributed by atoms with Crippen molar-refractivity contribution in [3.63, 3.8) is 0 Å². The molecule has 1 aromatic rings. The van der Waals surface area contributed by atoms with Crippen molar-refractivity contribution in [2.24, 2.45) is 0 Å². The first kappa shape index (κ1) is 17.9. The molecule has 0 saturated carbocycles. The Hall–Kier alpha value is -0.480. The summed E-state index contributed by atoms with van der Waals surface area (Å²) in [6.07, 6.45) is 2.21. The normalized spacial score (nSPS) is 19.0. The van der Waals surface area contributed by atoms with E-state index in [1.54, 1.807) is 13.1 Å². The topological polar surface area (TPSA) is 74.8 Å². The molecule has 0 spiro atoms. The monoisotopic (exact) mass is 366 g/mol. The van der Waals surface area contributed by atoms with Gasteiger partial charge in [0.25, 0.3) is 0 Å². The average Bonchev–Trinajstić information content (AvgIpc) is 2.76. The van der Waals surface area contributed by atoms with Crippen LogP contribution in [0.3, 0.4) is 0 Å². The minimum atomic E-state index is -3.48. The van der Waals surface area contributed by atoms with Gasteiger partial charge < -0.3 is 0 Å². The standard InChI is InChI=1S/C13H22N2O4S3/c1-10-9-13(11(2)20-10)22(18,19)15-7-5-12(6-8-15)14(3)21(4,16)17/h9,12H,5-8H2,1-4H3. The number of aryl methyl sites for hydroxylation is 2. The number of piperidine rings is 1. The van der Waals surface area contributed by atoms with E-state index >= 15 is 0 Å². The fraction of sp³-hybridized carbons (Fsp3) is 0.692. The van der Waals surface area contributed by atoms with Crippen molar-refractivity contribution in [2.75, 3.05) is 26.4 Å². The van der Waals surface area contributed by atoms with Gasteiger partial charge in [0.15, 0.2) is 0 Å². The third-order valence-corrected chi connectivity index (χ3v) is 8.54. The van der Waals surface area contributed by atoms with Crippen LogP contribution in [0.2, 0.25) is 0 Å². The molecule has 9 heteroatoms. The molecule has 1 aromatic heterocycles. The van der Waals surface area contributed by atoms with Crippen LogP contribution in [0.4, 0.5) is 0 Å². The van der Waals surface area contributed by atoms with Crippen molar-refractivity contribution in [3.8, 4) is 0 Å². The van der Waals surface area contributed by atoms with Gasteiger partial charge in [-0.2, -0.15) is 4.31 Å². The highest BCUT2D eigenvalue weighted by Crippen LogP contribution is 2.30. The van der Waals surface area contributed by atoms with Crippen LogP contribution in [0.1, 0.15) is 22.6 Å². The zero-order valence-electron chi connectivity index (χ0n) is 13.2. The van der Waals surface area contributed by atoms with Crippen molar-refractivity contribution < 1.29 is 16.8 Å². The molecule has 6 nitrogen and oxygen atoms in total. The number of sulfonamides is 2. The Morgan fingerprint density at radius 2 is 1.73 bits per heavy atom. The predicted octanol–water partition coefficient (Wildman–Crippen LogP) is 1.41. The third kappa shape index (κ3) is 3.53. The van der Waals surface area contributed by atoms with Gasteiger partial charge in [0.05, 0.1) is 11.2 Å². The first-order valence-corrected chi connectivity index (χ1v) is 11.1. The number of hydrogen-bond donors (Lipinski definition) is 0. The first-order chi connectivity index (χ1) is 10.0. The van der Waals surface area contributed by atoms with Crippen LogP contribution in [0.25, 0.3) is 0 Å². The Morgan fingerprint density at radius 3 is 2.14 bits per heavy atom. The van der Waals surface area contributed by atoms with E-state index in [2.05, 4.69) is 0 Å². The van der Waals surface area contributed by atoms with Crippen molar-refractivity contribution >= 4 is 31.4 Å². The Labute approximate surface area is 136 Å². The van der Waals surface area contributed by atoms with E-state index in [9.17, 15) is 16.8 Å². The minimum absolute atomic E-state index is 0.133. The van der Waals surface area contributed by atoms with Gasteiger partial charge >= 0.3 is 0 Å². The van der Waals surface area contributed by atoms with Gasteiger partial charge in [0.1, 0.15) is 0 Å². The summed E-state index contributed by atoms with van der Waals surface area (Å²) in [6, 6.07) is 1.58. The predicted molar refractivity (Wildman–Crippen MR) is 88.2 cm³/mol. The maximum absolute atomic E-state index is 12.7. The lowest BCUT2D eigenvalue weighted by Gasteiger charge is -2.34. The summed E-state index contributed by atoms with van der Waals surface area (Å²) >= 11 is 1.48. The molecular formula is C13H22N2O4S3. The summed E-state index contributed by atoms with van der Waals surface area (Å²) in [5.74, 6) is 0. The molecule has 1 aliphatic heterocycles. The van der Waals surface area contributed by atoms with E-state index in [1.807, 2.05) is 13.8 Å². The minimum Gasteiger partial charge on any atom is -0.213 e. The molecule has 2 rings (SSSR count). The molecule has 0 bridgehead atoms. The third-order valence-electron chi connectivity index (χ3n) is 4.07. The molecule has 0 atom stereocenters. The number of thiophene rings is 1. The Morgan fingerprint density at radius 1 is 1.18 bits per heavy atom. The van der Waals surface area contributed by atoms with E-state index in [1.165, 1.54) is 26.2 Å². The van der Waals surface area contributed by atoms with E-state index in [0.29, 0.717) is 30.8 Å². The molecule has 0 aliphatic carbocycles. The Kier molecular flexibility index (Phi) is 5.03. The van der Waals surface area contributed by atoms with E-state index in [-0.39, 0.29) is 6.04 Å². The number of rotatable bonds is 4. The lowest BCUT2D eigenvalue weighted by molar-refractivity contribution is 0.239. The van der Waals surface area contributed by atoms with Crippen LogP contribution in [-0.4, -0.2) is 57.9 Å². The lowest BCUT2D eigenvalue weighted by Crippen LogP contribution is -2.46. The van der Waals surface area contributed by atoms with Gasteiger partial charge in [-0.25, -0.2) is 21.1 Å². The van der Waals surface area contributed by atoms with E-state index < -0.39 is 20.0 Å². The maximum Gasteiger partial charge on any atom is 0.244 e. The van der Waals surface area contributed by atoms with Crippen molar-refractivity contribution in [3.05, 3.63) is 15.8 Å². The van der Waals surface area contributed by atoms with Crippen LogP contribution in [0.15, 0.2) is 11.0 Å². The fourth-order valence-electron chi connectivity index (χ4n) is 2.72. The SMILES string of the molecule is Cc1cc(S(=O)(=O)N2CCC(N(C)S(C)(=O)=O)CC2)c(C)s1. The second-order valence-corrected chi connectivity index (χ2v) is 11.1. The van der Waals surface area contributed by atoms with Crippen molar-refractivity contribution in [2.45, 2.75) is 37.6 Å². The highest BCUT2D eigenvalue weighted by atomic mass is 32.2. The summed E-state index contributed by atoms with van der Waals surface area (Å²) < 4.78 is 51.3. The average molecular weight is 367 g/mol. The second kappa shape index (κ2) is 6.20. The largest absolute Gasteiger partial charge is 0.244 e. The molecule has 1 aliphatic rings. The maximum atomic E-state index is 12.7. The fourth-order valence-corrected chi connectivity index (χ4v) is 6.47. The zero-order chi connectivity index (χ0) is 16.7. The van der Waals surface area contributed by atoms with Crippen LogP contribution < -0.4 is 0 Å². The molecule has 1 saturated heterocycles. The molecule has 22 heavy (non-hydrogen) atoms. The number of hydrogen-bond acceptors (Lipinski definition) is 5. The van der Waals surface area contributed by atoms with Crippen molar-refractivity contribution in [1.82, 2.24) is 8.61 Å². The van der Waals surface area contributed by atoms with E-state index in [0.717, 1.165) is 9.75 Å². The summed E-state index contributed by atoms with van der Waals surface area (Å²) in [5.41, 5.74) is 0. The molecule has 0 unspecified atom stereocenters. The molecule has 126 valence electrons. The Bertz CT molecular complexity index is 744. The smallest absolute Gasteiger partial charge is 0.213 e. The zero-order valence-corrected chi connectivity index (χ0v) is 15.7. The summed E-state index contributed by atoms with van der Waals surface area (Å²) in [7, 11) is -5.17.